The van der Waals surface area contributed by atoms with Crippen LogP contribution in [-0.4, -0.2) is 37.4 Å². The molecule has 0 aliphatic carbocycles. The highest BCUT2D eigenvalue weighted by Gasteiger charge is 2.24. The van der Waals surface area contributed by atoms with E-state index in [4.69, 9.17) is 14.2 Å². The second-order valence-electron chi connectivity index (χ2n) is 6.45. The van der Waals surface area contributed by atoms with E-state index in [1.807, 2.05) is 37.3 Å². The molecule has 0 radical (unpaired) electrons. The third-order valence-electron chi connectivity index (χ3n) is 4.10. The van der Waals surface area contributed by atoms with Crippen LogP contribution in [0.4, 0.5) is 5.69 Å². The van der Waals surface area contributed by atoms with Crippen LogP contribution in [0.1, 0.15) is 18.1 Å². The molecule has 3 rings (SSSR count). The Bertz CT molecular complexity index is 1050. The van der Waals surface area contributed by atoms with E-state index < -0.39 is 5.97 Å². The highest BCUT2D eigenvalue weighted by molar-refractivity contribution is 14.1. The molecular formula is C22H21IN2O5S. The first-order chi connectivity index (χ1) is 14.9. The fourth-order valence-corrected chi connectivity index (χ4v) is 4.29. The highest BCUT2D eigenvalue weighted by atomic mass is 127. The Kier molecular flexibility index (Phi) is 7.97. The number of amides is 1. The second kappa shape index (κ2) is 10.7. The molecule has 7 nitrogen and oxygen atoms in total. The summed E-state index contributed by atoms with van der Waals surface area (Å²) in [6.45, 7) is 3.82. The van der Waals surface area contributed by atoms with Crippen LogP contribution >= 0.6 is 34.4 Å². The molecule has 1 aliphatic heterocycles. The Labute approximate surface area is 198 Å². The van der Waals surface area contributed by atoms with Crippen molar-refractivity contribution in [3.05, 3.63) is 56.0 Å². The molecule has 0 bridgehead atoms. The summed E-state index contributed by atoms with van der Waals surface area (Å²) in [6.07, 6.45) is 1.76. The Morgan fingerprint density at radius 2 is 2.00 bits per heavy atom. The molecule has 9 heteroatoms. The maximum Gasteiger partial charge on any atom is 0.344 e. The van der Waals surface area contributed by atoms with Crippen LogP contribution in [0.2, 0.25) is 0 Å². The predicted molar refractivity (Wildman–Crippen MR) is 130 cm³/mol. The van der Waals surface area contributed by atoms with Crippen LogP contribution in [-0.2, 0) is 14.3 Å². The SMILES string of the molecule is CCOC(=O)COc1c(I)cc(/C=C2/SC(=Nc3ccc(C)cc3)NC2=O)cc1OC. The maximum absolute atomic E-state index is 12.4. The van der Waals surface area contributed by atoms with E-state index in [0.717, 1.165) is 20.4 Å². The van der Waals surface area contributed by atoms with E-state index in [1.54, 1.807) is 19.1 Å². The van der Waals surface area contributed by atoms with Crippen molar-refractivity contribution in [2.75, 3.05) is 20.3 Å². The number of benzene rings is 2. The number of hydrogen-bond acceptors (Lipinski definition) is 7. The van der Waals surface area contributed by atoms with Gasteiger partial charge in [0.05, 0.1) is 27.9 Å². The monoisotopic (exact) mass is 552 g/mol. The molecule has 1 saturated heterocycles. The van der Waals surface area contributed by atoms with Crippen LogP contribution < -0.4 is 14.8 Å². The van der Waals surface area contributed by atoms with Crippen LogP contribution in [0.15, 0.2) is 46.3 Å². The third-order valence-corrected chi connectivity index (χ3v) is 5.82. The molecule has 0 atom stereocenters. The first-order valence-electron chi connectivity index (χ1n) is 9.41. The van der Waals surface area contributed by atoms with Gasteiger partial charge in [0, 0.05) is 0 Å². The number of halogens is 1. The van der Waals surface area contributed by atoms with Gasteiger partial charge in [0.2, 0.25) is 0 Å². The number of aliphatic imine (C=N–C) groups is 1. The lowest BCUT2D eigenvalue weighted by atomic mass is 10.2. The number of ether oxygens (including phenoxy) is 3. The summed E-state index contributed by atoms with van der Waals surface area (Å²) in [6, 6.07) is 11.3. The van der Waals surface area contributed by atoms with Gasteiger partial charge in [-0.2, -0.15) is 0 Å². The second-order valence-corrected chi connectivity index (χ2v) is 8.64. The first-order valence-corrected chi connectivity index (χ1v) is 11.3. The molecule has 162 valence electrons. The summed E-state index contributed by atoms with van der Waals surface area (Å²) in [4.78, 5) is 29.0. The van der Waals surface area contributed by atoms with E-state index in [1.165, 1.54) is 18.9 Å². The lowest BCUT2D eigenvalue weighted by molar-refractivity contribution is -0.145. The van der Waals surface area contributed by atoms with Crippen molar-refractivity contribution in [3.63, 3.8) is 0 Å². The molecular weight excluding hydrogens is 531 g/mol. The molecule has 1 amide bonds. The number of esters is 1. The van der Waals surface area contributed by atoms with Gasteiger partial charge in [-0.25, -0.2) is 9.79 Å². The summed E-state index contributed by atoms with van der Waals surface area (Å²) in [5.74, 6) is 0.238. The van der Waals surface area contributed by atoms with Crippen molar-refractivity contribution >= 4 is 63.2 Å². The molecule has 1 N–H and O–H groups in total. The van der Waals surface area contributed by atoms with Gasteiger partial charge in [-0.05, 0) is 84.1 Å². The summed E-state index contributed by atoms with van der Waals surface area (Å²) < 4.78 is 16.6. The molecule has 0 aromatic heterocycles. The van der Waals surface area contributed by atoms with Gasteiger partial charge >= 0.3 is 5.97 Å². The fraction of sp³-hybridized carbons (Fsp3) is 0.227. The standard InChI is InChI=1S/C22H21IN2O5S/c1-4-29-19(26)12-30-20-16(23)9-14(10-17(20)28-3)11-18-21(27)25-22(31-18)24-15-7-5-13(2)6-8-15/h5-11H,4,12H2,1-3H3,(H,24,25,27)/b18-11+. The average Bonchev–Trinajstić information content (AvgIpc) is 3.07. The topological polar surface area (TPSA) is 86.2 Å². The van der Waals surface area contributed by atoms with E-state index >= 15 is 0 Å². The van der Waals surface area contributed by atoms with Crippen LogP contribution in [0.25, 0.3) is 6.08 Å². The van der Waals surface area contributed by atoms with Gasteiger partial charge in [0.1, 0.15) is 0 Å². The van der Waals surface area contributed by atoms with Gasteiger partial charge in [-0.15, -0.1) is 0 Å². The minimum Gasteiger partial charge on any atom is -0.493 e. The molecule has 1 aliphatic rings. The number of hydrogen-bond donors (Lipinski definition) is 1. The van der Waals surface area contributed by atoms with Gasteiger partial charge < -0.3 is 19.5 Å². The zero-order valence-corrected chi connectivity index (χ0v) is 20.2. The van der Waals surface area contributed by atoms with E-state index in [9.17, 15) is 9.59 Å². The molecule has 1 heterocycles. The Morgan fingerprint density at radius 3 is 2.68 bits per heavy atom. The van der Waals surface area contributed by atoms with E-state index in [-0.39, 0.29) is 19.1 Å². The number of carbonyl (C=O) groups is 2. The van der Waals surface area contributed by atoms with E-state index in [0.29, 0.717) is 21.6 Å². The number of aryl methyl sites for hydroxylation is 1. The summed E-state index contributed by atoms with van der Waals surface area (Å²) >= 11 is 3.37. The van der Waals surface area contributed by atoms with Crippen LogP contribution in [0.5, 0.6) is 11.5 Å². The van der Waals surface area contributed by atoms with E-state index in [2.05, 4.69) is 32.9 Å². The van der Waals surface area contributed by atoms with Gasteiger partial charge in [-0.1, -0.05) is 17.7 Å². The van der Waals surface area contributed by atoms with Crippen molar-refractivity contribution in [2.45, 2.75) is 13.8 Å². The number of methoxy groups -OCH3 is 1. The maximum atomic E-state index is 12.4. The molecule has 31 heavy (non-hydrogen) atoms. The number of nitrogens with one attached hydrogen (secondary N) is 1. The number of carbonyl (C=O) groups excluding carboxylic acids is 2. The number of amidine groups is 1. The third kappa shape index (κ3) is 6.23. The number of thioether (sulfide) groups is 1. The van der Waals surface area contributed by atoms with Crippen molar-refractivity contribution in [2.24, 2.45) is 4.99 Å². The average molecular weight is 552 g/mol. The van der Waals surface area contributed by atoms with Crippen LogP contribution in [0, 0.1) is 10.5 Å². The van der Waals surface area contributed by atoms with Crippen LogP contribution in [0.3, 0.4) is 0 Å². The molecule has 1 fully saturated rings. The number of rotatable bonds is 7. The largest absolute Gasteiger partial charge is 0.493 e. The van der Waals surface area contributed by atoms with Crippen molar-refractivity contribution < 1.29 is 23.8 Å². The van der Waals surface area contributed by atoms with Gasteiger partial charge in [-0.3, -0.25) is 4.79 Å². The normalized spacial score (nSPS) is 15.8. The molecule has 0 spiro atoms. The Hall–Kier alpha value is -2.53. The predicted octanol–water partition coefficient (Wildman–Crippen LogP) is 4.44. The lowest BCUT2D eigenvalue weighted by Gasteiger charge is -2.13. The van der Waals surface area contributed by atoms with Crippen molar-refractivity contribution in [3.8, 4) is 11.5 Å². The minimum atomic E-state index is -0.453. The summed E-state index contributed by atoms with van der Waals surface area (Å²) in [5, 5.41) is 3.31. The molecule has 0 saturated carbocycles. The summed E-state index contributed by atoms with van der Waals surface area (Å²) in [5.41, 5.74) is 2.68. The smallest absolute Gasteiger partial charge is 0.344 e. The zero-order valence-electron chi connectivity index (χ0n) is 17.2. The van der Waals surface area contributed by atoms with Gasteiger partial charge in [0.15, 0.2) is 23.3 Å². The quantitative estimate of drug-likeness (QED) is 0.311. The van der Waals surface area contributed by atoms with Crippen molar-refractivity contribution in [1.29, 1.82) is 0 Å². The Balaban J connectivity index is 1.79. The first kappa shape index (κ1) is 23.1. The molecule has 2 aromatic carbocycles. The van der Waals surface area contributed by atoms with Gasteiger partial charge in [0.25, 0.3) is 5.91 Å². The lowest BCUT2D eigenvalue weighted by Crippen LogP contribution is -2.19. The Morgan fingerprint density at radius 1 is 1.26 bits per heavy atom. The highest BCUT2D eigenvalue weighted by Crippen LogP contribution is 2.36. The fourth-order valence-electron chi connectivity index (χ4n) is 2.67. The number of nitrogens with zero attached hydrogens (tertiary/aromatic N) is 1. The van der Waals surface area contributed by atoms with Crippen molar-refractivity contribution in [1.82, 2.24) is 5.32 Å². The minimum absolute atomic E-state index is 0.211. The summed E-state index contributed by atoms with van der Waals surface area (Å²) in [7, 11) is 1.52. The molecule has 0 unspecified atom stereocenters. The molecule has 2 aromatic rings. The zero-order chi connectivity index (χ0) is 22.4.